The van der Waals surface area contributed by atoms with Gasteiger partial charge in [0.05, 0.1) is 0 Å². The summed E-state index contributed by atoms with van der Waals surface area (Å²) in [5.41, 5.74) is 0. The van der Waals surface area contributed by atoms with Crippen LogP contribution in [0.1, 0.15) is 39.5 Å². The van der Waals surface area contributed by atoms with Crippen molar-refractivity contribution in [3.8, 4) is 0 Å². The number of carboxylic acid groups (broad SMARTS) is 1. The molecule has 2 saturated heterocycles. The number of hydrogen-bond donors (Lipinski definition) is 1. The third-order valence-electron chi connectivity index (χ3n) is 4.34. The molecule has 0 aliphatic carbocycles. The Bertz CT molecular complexity index is 465. The van der Waals surface area contributed by atoms with Crippen molar-refractivity contribution in [3.63, 3.8) is 0 Å². The number of hydrogen-bond acceptors (Lipinski definition) is 3. The van der Waals surface area contributed by atoms with Crippen LogP contribution in [-0.4, -0.2) is 53.8 Å². The van der Waals surface area contributed by atoms with Crippen LogP contribution < -0.4 is 0 Å². The van der Waals surface area contributed by atoms with Crippen molar-refractivity contribution in [2.24, 2.45) is 11.8 Å². The number of piperidine rings is 2. The number of carboxylic acids is 1. The average molecular weight is 304 g/mol. The molecule has 0 aromatic heterocycles. The van der Waals surface area contributed by atoms with Crippen molar-refractivity contribution in [3.05, 3.63) is 0 Å². The van der Waals surface area contributed by atoms with Gasteiger partial charge in [0.1, 0.15) is 6.04 Å². The zero-order valence-corrected chi connectivity index (χ0v) is 13.0. The fraction of sp³-hybridized carbons (Fsp3) is 0.923. The van der Waals surface area contributed by atoms with Crippen LogP contribution in [0.5, 0.6) is 0 Å². The molecule has 3 atom stereocenters. The average Bonchev–Trinajstić information content (AvgIpc) is 2.38. The summed E-state index contributed by atoms with van der Waals surface area (Å²) in [5, 5.41) is 9.32. The van der Waals surface area contributed by atoms with Crippen molar-refractivity contribution in [2.75, 3.05) is 19.6 Å². The maximum absolute atomic E-state index is 12.7. The zero-order valence-electron chi connectivity index (χ0n) is 12.2. The minimum atomic E-state index is -3.65. The van der Waals surface area contributed by atoms with E-state index in [1.54, 1.807) is 0 Å². The molecule has 0 saturated carbocycles. The van der Waals surface area contributed by atoms with Crippen molar-refractivity contribution >= 4 is 16.2 Å². The van der Waals surface area contributed by atoms with E-state index >= 15 is 0 Å². The normalized spacial score (nSPS) is 34.0. The van der Waals surface area contributed by atoms with Crippen molar-refractivity contribution in [1.82, 2.24) is 8.61 Å². The monoisotopic (exact) mass is 304 g/mol. The van der Waals surface area contributed by atoms with E-state index in [0.29, 0.717) is 32.0 Å². The molecule has 20 heavy (non-hydrogen) atoms. The van der Waals surface area contributed by atoms with E-state index in [4.69, 9.17) is 0 Å². The number of nitrogens with zero attached hydrogens (tertiary/aromatic N) is 2. The van der Waals surface area contributed by atoms with Gasteiger partial charge in [-0.25, -0.2) is 0 Å². The van der Waals surface area contributed by atoms with Gasteiger partial charge in [0.2, 0.25) is 0 Å². The first-order chi connectivity index (χ1) is 9.32. The summed E-state index contributed by atoms with van der Waals surface area (Å²) >= 11 is 0. The molecule has 6 nitrogen and oxygen atoms in total. The highest BCUT2D eigenvalue weighted by Crippen LogP contribution is 2.28. The largest absolute Gasteiger partial charge is 0.480 e. The van der Waals surface area contributed by atoms with Crippen LogP contribution in [0.4, 0.5) is 0 Å². The summed E-state index contributed by atoms with van der Waals surface area (Å²) in [6.45, 7) is 5.33. The Hall–Kier alpha value is -0.660. The second kappa shape index (κ2) is 5.99. The van der Waals surface area contributed by atoms with Crippen molar-refractivity contribution < 1.29 is 18.3 Å². The smallest absolute Gasteiger partial charge is 0.322 e. The summed E-state index contributed by atoms with van der Waals surface area (Å²) in [6, 6.07) is -0.916. The van der Waals surface area contributed by atoms with Gasteiger partial charge in [-0.05, 0) is 37.5 Å². The predicted molar refractivity (Wildman–Crippen MR) is 75.4 cm³/mol. The van der Waals surface area contributed by atoms with Gasteiger partial charge >= 0.3 is 5.97 Å². The van der Waals surface area contributed by atoms with E-state index < -0.39 is 22.2 Å². The summed E-state index contributed by atoms with van der Waals surface area (Å²) in [4.78, 5) is 11.4. The second-order valence-electron chi connectivity index (χ2n) is 6.21. The topological polar surface area (TPSA) is 77.9 Å². The molecule has 0 bridgehead atoms. The van der Waals surface area contributed by atoms with E-state index in [-0.39, 0.29) is 5.92 Å². The van der Waals surface area contributed by atoms with Gasteiger partial charge in [-0.1, -0.05) is 13.8 Å². The van der Waals surface area contributed by atoms with Crippen LogP contribution in [0.3, 0.4) is 0 Å². The van der Waals surface area contributed by atoms with Crippen LogP contribution >= 0.6 is 0 Å². The summed E-state index contributed by atoms with van der Waals surface area (Å²) in [7, 11) is -3.65. The van der Waals surface area contributed by atoms with E-state index in [1.165, 1.54) is 8.61 Å². The molecule has 7 heteroatoms. The molecule has 0 amide bonds. The molecule has 0 aromatic carbocycles. The number of carbonyl (C=O) groups is 1. The standard InChI is InChI=1S/C13H24N2O4S/c1-10-5-7-15(12(8-10)13(16)17)20(18,19)14-6-3-4-11(2)9-14/h10-12H,3-9H2,1-2H3,(H,16,17). The molecule has 0 aromatic rings. The highest BCUT2D eigenvalue weighted by atomic mass is 32.2. The van der Waals surface area contributed by atoms with E-state index in [1.807, 2.05) is 13.8 Å². The minimum Gasteiger partial charge on any atom is -0.480 e. The third kappa shape index (κ3) is 3.15. The van der Waals surface area contributed by atoms with Crippen LogP contribution in [0.2, 0.25) is 0 Å². The fourth-order valence-electron chi connectivity index (χ4n) is 3.12. The Morgan fingerprint density at radius 2 is 1.85 bits per heavy atom. The second-order valence-corrected chi connectivity index (χ2v) is 8.09. The Labute approximate surface area is 120 Å². The first-order valence-corrected chi connectivity index (χ1v) is 8.71. The van der Waals surface area contributed by atoms with Crippen LogP contribution in [-0.2, 0) is 15.0 Å². The summed E-state index contributed by atoms with van der Waals surface area (Å²) < 4.78 is 28.1. The van der Waals surface area contributed by atoms with Gasteiger partial charge in [-0.3, -0.25) is 4.79 Å². The Morgan fingerprint density at radius 3 is 2.45 bits per heavy atom. The lowest BCUT2D eigenvalue weighted by Crippen LogP contribution is -2.56. The Kier molecular flexibility index (Phi) is 4.71. The molecule has 3 unspecified atom stereocenters. The molecule has 2 heterocycles. The first kappa shape index (κ1) is 15.7. The van der Waals surface area contributed by atoms with Gasteiger partial charge in [0, 0.05) is 19.6 Å². The van der Waals surface area contributed by atoms with Crippen LogP contribution in [0.25, 0.3) is 0 Å². The van der Waals surface area contributed by atoms with Crippen LogP contribution in [0.15, 0.2) is 0 Å². The molecule has 2 rings (SSSR count). The van der Waals surface area contributed by atoms with Gasteiger partial charge < -0.3 is 5.11 Å². The molecule has 0 spiro atoms. The molecular formula is C13H24N2O4S. The molecule has 116 valence electrons. The van der Waals surface area contributed by atoms with Crippen LogP contribution in [0, 0.1) is 11.8 Å². The van der Waals surface area contributed by atoms with Gasteiger partial charge in [-0.15, -0.1) is 0 Å². The highest BCUT2D eigenvalue weighted by molar-refractivity contribution is 7.86. The lowest BCUT2D eigenvalue weighted by Gasteiger charge is -2.40. The molecule has 0 radical (unpaired) electrons. The number of aliphatic carboxylic acids is 1. The molecule has 1 N–H and O–H groups in total. The first-order valence-electron chi connectivity index (χ1n) is 7.32. The number of rotatable bonds is 3. The quantitative estimate of drug-likeness (QED) is 0.848. The zero-order chi connectivity index (χ0) is 14.9. The molecule has 2 aliphatic rings. The molecule has 2 fully saturated rings. The summed E-state index contributed by atoms with van der Waals surface area (Å²) in [6.07, 6.45) is 3.01. The summed E-state index contributed by atoms with van der Waals surface area (Å²) in [5.74, 6) is -0.446. The molecular weight excluding hydrogens is 280 g/mol. The molecule has 2 aliphatic heterocycles. The fourth-order valence-corrected chi connectivity index (χ4v) is 5.06. The Balaban J connectivity index is 2.20. The van der Waals surface area contributed by atoms with Gasteiger partial charge in [-0.2, -0.15) is 17.0 Å². The van der Waals surface area contributed by atoms with Gasteiger partial charge in [0.25, 0.3) is 10.2 Å². The Morgan fingerprint density at radius 1 is 1.15 bits per heavy atom. The SMILES string of the molecule is CC1CCN(S(=O)(=O)N2CCCC(C)C2)C(C(=O)O)C1. The maximum atomic E-state index is 12.7. The lowest BCUT2D eigenvalue weighted by atomic mass is 9.94. The van der Waals surface area contributed by atoms with Gasteiger partial charge in [0.15, 0.2) is 0 Å². The van der Waals surface area contributed by atoms with Crippen molar-refractivity contribution in [1.29, 1.82) is 0 Å². The maximum Gasteiger partial charge on any atom is 0.322 e. The third-order valence-corrected chi connectivity index (χ3v) is 6.36. The van der Waals surface area contributed by atoms with E-state index in [0.717, 1.165) is 19.3 Å². The highest BCUT2D eigenvalue weighted by Gasteiger charge is 2.42. The van der Waals surface area contributed by atoms with Crippen molar-refractivity contribution in [2.45, 2.75) is 45.6 Å². The lowest BCUT2D eigenvalue weighted by molar-refractivity contribution is -0.143. The van der Waals surface area contributed by atoms with E-state index in [9.17, 15) is 18.3 Å². The predicted octanol–water partition coefficient (Wildman–Crippen LogP) is 1.15. The minimum absolute atomic E-state index is 0.253. The van der Waals surface area contributed by atoms with E-state index in [2.05, 4.69) is 0 Å².